The second-order valence-corrected chi connectivity index (χ2v) is 5.41. The van der Waals surface area contributed by atoms with Crippen molar-refractivity contribution in [1.82, 2.24) is 15.5 Å². The van der Waals surface area contributed by atoms with Crippen LogP contribution in [-0.2, 0) is 16.8 Å². The van der Waals surface area contributed by atoms with Crippen LogP contribution < -0.4 is 5.32 Å². The Bertz CT molecular complexity index is 393. The molecule has 1 aliphatic heterocycles. The Labute approximate surface area is 107 Å². The molecule has 1 aliphatic carbocycles. The summed E-state index contributed by atoms with van der Waals surface area (Å²) < 4.78 is 11.1. The number of methoxy groups -OCH3 is 1. The van der Waals surface area contributed by atoms with Gasteiger partial charge in [-0.15, -0.1) is 0 Å². The third-order valence-corrected chi connectivity index (χ3v) is 4.26. The lowest BCUT2D eigenvalue weighted by atomic mass is 10.0. The van der Waals surface area contributed by atoms with Gasteiger partial charge in [-0.2, -0.15) is 4.98 Å². The normalized spacial score (nSPS) is 26.8. The standard InChI is InChI=1S/C13H21N3O2/c1-17-13(6-2-3-7-13)12-15-11(18-16-12)9-10-5-4-8-14-10/h10,14H,2-9H2,1H3. The van der Waals surface area contributed by atoms with Gasteiger partial charge < -0.3 is 14.6 Å². The molecule has 18 heavy (non-hydrogen) atoms. The zero-order valence-electron chi connectivity index (χ0n) is 10.9. The van der Waals surface area contributed by atoms with Crippen LogP contribution in [0.3, 0.4) is 0 Å². The van der Waals surface area contributed by atoms with Crippen molar-refractivity contribution in [3.63, 3.8) is 0 Å². The highest BCUT2D eigenvalue weighted by Gasteiger charge is 2.40. The predicted molar refractivity (Wildman–Crippen MR) is 66.2 cm³/mol. The molecule has 1 atom stereocenters. The summed E-state index contributed by atoms with van der Waals surface area (Å²) in [5.41, 5.74) is -0.287. The Kier molecular flexibility index (Phi) is 3.35. The zero-order valence-corrected chi connectivity index (χ0v) is 10.9. The lowest BCUT2D eigenvalue weighted by Gasteiger charge is -2.22. The molecule has 1 saturated heterocycles. The number of rotatable bonds is 4. The third-order valence-electron chi connectivity index (χ3n) is 4.26. The molecule has 0 amide bonds. The molecule has 1 N–H and O–H groups in total. The fraction of sp³-hybridized carbons (Fsp3) is 0.846. The van der Waals surface area contributed by atoms with Crippen molar-refractivity contribution in [3.8, 4) is 0 Å². The first-order valence-electron chi connectivity index (χ1n) is 6.94. The fourth-order valence-corrected chi connectivity index (χ4v) is 3.13. The number of aromatic nitrogens is 2. The second-order valence-electron chi connectivity index (χ2n) is 5.41. The highest BCUT2D eigenvalue weighted by atomic mass is 16.5. The smallest absolute Gasteiger partial charge is 0.228 e. The van der Waals surface area contributed by atoms with Gasteiger partial charge in [0, 0.05) is 19.6 Å². The van der Waals surface area contributed by atoms with Gasteiger partial charge in [-0.05, 0) is 45.1 Å². The molecule has 1 aromatic rings. The van der Waals surface area contributed by atoms with E-state index >= 15 is 0 Å². The number of nitrogens with one attached hydrogen (secondary N) is 1. The van der Waals surface area contributed by atoms with Crippen LogP contribution >= 0.6 is 0 Å². The van der Waals surface area contributed by atoms with Crippen LogP contribution in [-0.4, -0.2) is 29.8 Å². The van der Waals surface area contributed by atoms with Crippen LogP contribution in [0.25, 0.3) is 0 Å². The molecule has 5 heteroatoms. The topological polar surface area (TPSA) is 60.2 Å². The molecular formula is C13H21N3O2. The van der Waals surface area contributed by atoms with E-state index in [9.17, 15) is 0 Å². The van der Waals surface area contributed by atoms with E-state index in [1.807, 2.05) is 0 Å². The predicted octanol–water partition coefficient (Wildman–Crippen LogP) is 1.78. The monoisotopic (exact) mass is 251 g/mol. The lowest BCUT2D eigenvalue weighted by molar-refractivity contribution is -0.0178. The number of hydrogen-bond donors (Lipinski definition) is 1. The summed E-state index contributed by atoms with van der Waals surface area (Å²) in [7, 11) is 1.75. The van der Waals surface area contributed by atoms with Gasteiger partial charge in [-0.1, -0.05) is 5.16 Å². The van der Waals surface area contributed by atoms with Crippen molar-refractivity contribution < 1.29 is 9.26 Å². The molecule has 3 rings (SSSR count). The Balaban J connectivity index is 1.71. The molecule has 5 nitrogen and oxygen atoms in total. The van der Waals surface area contributed by atoms with Crippen LogP contribution in [0.4, 0.5) is 0 Å². The largest absolute Gasteiger partial charge is 0.370 e. The summed E-state index contributed by atoms with van der Waals surface area (Å²) in [5.74, 6) is 1.49. The van der Waals surface area contributed by atoms with Crippen molar-refractivity contribution in [2.75, 3.05) is 13.7 Å². The summed E-state index contributed by atoms with van der Waals surface area (Å²) in [6.45, 7) is 1.10. The van der Waals surface area contributed by atoms with Crippen molar-refractivity contribution in [2.24, 2.45) is 0 Å². The first-order valence-corrected chi connectivity index (χ1v) is 6.94. The molecule has 1 unspecified atom stereocenters. The summed E-state index contributed by atoms with van der Waals surface area (Å²) >= 11 is 0. The molecule has 1 aromatic heterocycles. The Morgan fingerprint density at radius 3 is 2.89 bits per heavy atom. The van der Waals surface area contributed by atoms with Crippen LogP contribution in [0.2, 0.25) is 0 Å². The Morgan fingerprint density at radius 1 is 1.39 bits per heavy atom. The Morgan fingerprint density at radius 2 is 2.22 bits per heavy atom. The van der Waals surface area contributed by atoms with E-state index in [-0.39, 0.29) is 5.60 Å². The Hall–Kier alpha value is -0.940. The van der Waals surface area contributed by atoms with Gasteiger partial charge in [-0.25, -0.2) is 0 Å². The first kappa shape index (κ1) is 12.1. The first-order chi connectivity index (χ1) is 8.82. The summed E-state index contributed by atoms with van der Waals surface area (Å²) in [4.78, 5) is 4.56. The van der Waals surface area contributed by atoms with Crippen LogP contribution in [0.5, 0.6) is 0 Å². The van der Waals surface area contributed by atoms with Crippen molar-refractivity contribution in [1.29, 1.82) is 0 Å². The quantitative estimate of drug-likeness (QED) is 0.884. The van der Waals surface area contributed by atoms with Gasteiger partial charge in [0.25, 0.3) is 0 Å². The van der Waals surface area contributed by atoms with Gasteiger partial charge >= 0.3 is 0 Å². The van der Waals surface area contributed by atoms with Crippen LogP contribution in [0, 0.1) is 0 Å². The maximum Gasteiger partial charge on any atom is 0.228 e. The van der Waals surface area contributed by atoms with E-state index in [0.29, 0.717) is 6.04 Å². The fourth-order valence-electron chi connectivity index (χ4n) is 3.13. The van der Waals surface area contributed by atoms with E-state index in [1.54, 1.807) is 7.11 Å². The number of nitrogens with zero attached hydrogens (tertiary/aromatic N) is 2. The summed E-state index contributed by atoms with van der Waals surface area (Å²) in [6, 6.07) is 0.500. The lowest BCUT2D eigenvalue weighted by Crippen LogP contribution is -2.26. The second kappa shape index (κ2) is 4.97. The van der Waals surface area contributed by atoms with E-state index in [1.165, 1.54) is 25.7 Å². The van der Waals surface area contributed by atoms with Crippen LogP contribution in [0.1, 0.15) is 50.2 Å². The molecule has 0 spiro atoms. The molecule has 2 aliphatic rings. The van der Waals surface area contributed by atoms with Crippen molar-refractivity contribution >= 4 is 0 Å². The molecular weight excluding hydrogens is 230 g/mol. The molecule has 2 heterocycles. The summed E-state index contributed by atoms with van der Waals surface area (Å²) in [6.07, 6.45) is 7.66. The molecule has 100 valence electrons. The minimum absolute atomic E-state index is 0.287. The van der Waals surface area contributed by atoms with Crippen molar-refractivity contribution in [2.45, 2.75) is 56.6 Å². The third kappa shape index (κ3) is 2.17. The number of hydrogen-bond acceptors (Lipinski definition) is 5. The van der Waals surface area contributed by atoms with Gasteiger partial charge in [0.2, 0.25) is 11.7 Å². The summed E-state index contributed by atoms with van der Waals surface area (Å²) in [5, 5.41) is 7.59. The highest BCUT2D eigenvalue weighted by molar-refractivity contribution is 5.05. The van der Waals surface area contributed by atoms with E-state index in [4.69, 9.17) is 9.26 Å². The zero-order chi connectivity index (χ0) is 12.4. The number of ether oxygens (including phenoxy) is 1. The van der Waals surface area contributed by atoms with Gasteiger partial charge in [0.05, 0.1) is 0 Å². The van der Waals surface area contributed by atoms with E-state index < -0.39 is 0 Å². The molecule has 1 saturated carbocycles. The minimum Gasteiger partial charge on any atom is -0.370 e. The SMILES string of the molecule is COC1(c2noc(CC3CCCN3)n2)CCCC1. The van der Waals surface area contributed by atoms with E-state index in [2.05, 4.69) is 15.5 Å². The maximum absolute atomic E-state index is 5.67. The molecule has 0 bridgehead atoms. The van der Waals surface area contributed by atoms with Gasteiger partial charge in [0.1, 0.15) is 5.60 Å². The average molecular weight is 251 g/mol. The van der Waals surface area contributed by atoms with E-state index in [0.717, 1.165) is 37.5 Å². The highest BCUT2D eigenvalue weighted by Crippen LogP contribution is 2.40. The van der Waals surface area contributed by atoms with Gasteiger partial charge in [0.15, 0.2) is 0 Å². The maximum atomic E-state index is 5.67. The molecule has 0 radical (unpaired) electrons. The average Bonchev–Trinajstić information content (AvgIpc) is 3.10. The van der Waals surface area contributed by atoms with Crippen molar-refractivity contribution in [3.05, 3.63) is 11.7 Å². The van der Waals surface area contributed by atoms with Gasteiger partial charge in [-0.3, -0.25) is 0 Å². The molecule has 2 fully saturated rings. The molecule has 0 aromatic carbocycles. The minimum atomic E-state index is -0.287. The van der Waals surface area contributed by atoms with Crippen LogP contribution in [0.15, 0.2) is 4.52 Å².